The lowest BCUT2D eigenvalue weighted by Crippen LogP contribution is -2.13. The van der Waals surface area contributed by atoms with Gasteiger partial charge in [-0.2, -0.15) is 5.26 Å². The maximum absolute atomic E-state index is 10.8. The van der Waals surface area contributed by atoms with Gasteiger partial charge in [0.05, 0.1) is 10.5 Å². The Labute approximate surface area is 133 Å². The number of allylic oxidation sites excluding steroid dienone is 2. The normalized spacial score (nSPS) is 14.4. The second-order valence-electron chi connectivity index (χ2n) is 5.18. The van der Waals surface area contributed by atoms with E-state index in [0.29, 0.717) is 5.56 Å². The molecule has 0 aliphatic carbocycles. The van der Waals surface area contributed by atoms with E-state index in [1.165, 1.54) is 12.1 Å². The molecule has 0 unspecified atom stereocenters. The van der Waals surface area contributed by atoms with Crippen molar-refractivity contribution in [3.8, 4) is 6.07 Å². The second kappa shape index (κ2) is 5.78. The van der Waals surface area contributed by atoms with Crippen LogP contribution in [-0.4, -0.2) is 12.0 Å². The van der Waals surface area contributed by atoms with E-state index >= 15 is 0 Å². The highest BCUT2D eigenvalue weighted by Crippen LogP contribution is 2.33. The number of para-hydroxylation sites is 1. The largest absolute Gasteiger partial charge is 0.351 e. The molecular formula is C18H13N3O2. The zero-order valence-corrected chi connectivity index (χ0v) is 12.4. The van der Waals surface area contributed by atoms with Crippen LogP contribution in [0.3, 0.4) is 0 Å². The van der Waals surface area contributed by atoms with Crippen molar-refractivity contribution >= 4 is 23.0 Å². The summed E-state index contributed by atoms with van der Waals surface area (Å²) < 4.78 is 0. The monoisotopic (exact) mass is 303 g/mol. The van der Waals surface area contributed by atoms with Crippen molar-refractivity contribution in [1.29, 1.82) is 5.26 Å². The van der Waals surface area contributed by atoms with Gasteiger partial charge in [0.25, 0.3) is 5.69 Å². The van der Waals surface area contributed by atoms with E-state index in [9.17, 15) is 15.4 Å². The van der Waals surface area contributed by atoms with Gasteiger partial charge in [-0.25, -0.2) is 0 Å². The second-order valence-corrected chi connectivity index (χ2v) is 5.18. The molecule has 0 saturated carbocycles. The summed E-state index contributed by atoms with van der Waals surface area (Å²) in [5.41, 5.74) is 3.96. The Morgan fingerprint density at radius 3 is 2.78 bits per heavy atom. The average Bonchev–Trinajstić information content (AvgIpc) is 2.57. The molecule has 0 amide bonds. The van der Waals surface area contributed by atoms with Crippen LogP contribution in [0.15, 0.2) is 54.7 Å². The number of nitro benzene ring substituents is 1. The highest BCUT2D eigenvalue weighted by atomic mass is 16.6. The Morgan fingerprint density at radius 2 is 2.04 bits per heavy atom. The zero-order chi connectivity index (χ0) is 16.4. The molecule has 1 aliphatic heterocycles. The van der Waals surface area contributed by atoms with Crippen LogP contribution in [0.2, 0.25) is 0 Å². The van der Waals surface area contributed by atoms with Crippen LogP contribution in [0.1, 0.15) is 16.7 Å². The Hall–Kier alpha value is -3.39. The van der Waals surface area contributed by atoms with Crippen molar-refractivity contribution in [1.82, 2.24) is 0 Å². The van der Waals surface area contributed by atoms with E-state index in [1.54, 1.807) is 6.07 Å². The molecule has 112 valence electrons. The molecule has 23 heavy (non-hydrogen) atoms. The lowest BCUT2D eigenvalue weighted by atomic mass is 9.96. The van der Waals surface area contributed by atoms with Crippen molar-refractivity contribution < 1.29 is 4.92 Å². The van der Waals surface area contributed by atoms with Crippen molar-refractivity contribution in [2.75, 3.05) is 11.9 Å². The first-order valence-electron chi connectivity index (χ1n) is 7.01. The van der Waals surface area contributed by atoms with Gasteiger partial charge >= 0.3 is 0 Å². The number of non-ortho nitro benzene ring substituents is 1. The number of anilines is 1. The number of nitrogens with zero attached hydrogens (tertiary/aromatic N) is 3. The van der Waals surface area contributed by atoms with Crippen LogP contribution in [0.25, 0.3) is 11.6 Å². The molecule has 3 rings (SSSR count). The van der Waals surface area contributed by atoms with Gasteiger partial charge in [-0.15, -0.1) is 0 Å². The van der Waals surface area contributed by atoms with E-state index in [2.05, 4.69) is 0 Å². The Bertz CT molecular complexity index is 891. The molecule has 0 radical (unpaired) electrons. The minimum absolute atomic E-state index is 0.0805. The summed E-state index contributed by atoms with van der Waals surface area (Å²) >= 11 is 0. The third kappa shape index (κ3) is 2.70. The topological polar surface area (TPSA) is 70.2 Å². The van der Waals surface area contributed by atoms with Gasteiger partial charge < -0.3 is 4.90 Å². The third-order valence-corrected chi connectivity index (χ3v) is 3.75. The van der Waals surface area contributed by atoms with Gasteiger partial charge in [0, 0.05) is 36.6 Å². The van der Waals surface area contributed by atoms with Gasteiger partial charge in [0.1, 0.15) is 6.07 Å². The summed E-state index contributed by atoms with van der Waals surface area (Å²) in [5, 5.41) is 20.1. The number of hydrogen-bond donors (Lipinski definition) is 0. The fourth-order valence-electron chi connectivity index (χ4n) is 2.56. The molecular weight excluding hydrogens is 290 g/mol. The van der Waals surface area contributed by atoms with Crippen molar-refractivity contribution in [3.63, 3.8) is 0 Å². The first-order valence-corrected chi connectivity index (χ1v) is 7.01. The Balaban J connectivity index is 2.11. The summed E-state index contributed by atoms with van der Waals surface area (Å²) in [7, 11) is 1.97. The SMILES string of the molecule is CN1C=CC(=Cc2ccc([N+](=O)[O-])cc2C#N)c2ccccc21. The molecule has 0 bridgehead atoms. The van der Waals surface area contributed by atoms with E-state index < -0.39 is 4.92 Å². The summed E-state index contributed by atoms with van der Waals surface area (Å²) in [6.07, 6.45) is 5.79. The Morgan fingerprint density at radius 1 is 1.26 bits per heavy atom. The smallest absolute Gasteiger partial charge is 0.270 e. The van der Waals surface area contributed by atoms with Crippen molar-refractivity contribution in [2.45, 2.75) is 0 Å². The fraction of sp³-hybridized carbons (Fsp3) is 0.0556. The number of hydrogen-bond acceptors (Lipinski definition) is 4. The molecule has 0 atom stereocenters. The van der Waals surface area contributed by atoms with Crippen LogP contribution < -0.4 is 4.90 Å². The molecule has 2 aromatic rings. The van der Waals surface area contributed by atoms with Crippen molar-refractivity contribution in [3.05, 3.63) is 81.5 Å². The van der Waals surface area contributed by atoms with Crippen LogP contribution >= 0.6 is 0 Å². The molecule has 0 spiro atoms. The molecule has 0 saturated heterocycles. The van der Waals surface area contributed by atoms with Gasteiger partial charge in [-0.3, -0.25) is 10.1 Å². The average molecular weight is 303 g/mol. The number of rotatable bonds is 2. The summed E-state index contributed by atoms with van der Waals surface area (Å²) in [5.74, 6) is 0. The van der Waals surface area contributed by atoms with Crippen LogP contribution in [0, 0.1) is 21.4 Å². The van der Waals surface area contributed by atoms with Gasteiger partial charge in [0.15, 0.2) is 0 Å². The molecule has 5 heteroatoms. The lowest BCUT2D eigenvalue weighted by molar-refractivity contribution is -0.384. The maximum atomic E-state index is 10.8. The van der Waals surface area contributed by atoms with Crippen LogP contribution in [0.5, 0.6) is 0 Å². The standard InChI is InChI=1S/C18H13N3O2/c1-20-9-8-14(17-4-2-3-5-18(17)20)10-13-6-7-16(21(22)23)11-15(13)12-19/h2-11H,1H3. The summed E-state index contributed by atoms with van der Waals surface area (Å²) in [4.78, 5) is 12.4. The molecule has 0 aromatic heterocycles. The van der Waals surface area contributed by atoms with Gasteiger partial charge in [-0.1, -0.05) is 18.2 Å². The fourth-order valence-corrected chi connectivity index (χ4v) is 2.56. The first kappa shape index (κ1) is 14.5. The van der Waals surface area contributed by atoms with Crippen LogP contribution in [-0.2, 0) is 0 Å². The quantitative estimate of drug-likeness (QED) is 0.621. The number of fused-ring (bicyclic) bond motifs is 1. The zero-order valence-electron chi connectivity index (χ0n) is 12.4. The highest BCUT2D eigenvalue weighted by Gasteiger charge is 2.14. The van der Waals surface area contributed by atoms with E-state index in [0.717, 1.165) is 16.8 Å². The van der Waals surface area contributed by atoms with E-state index in [4.69, 9.17) is 0 Å². The predicted octanol–water partition coefficient (Wildman–Crippen LogP) is 3.97. The van der Waals surface area contributed by atoms with Gasteiger partial charge in [-0.05, 0) is 35.4 Å². The number of benzene rings is 2. The summed E-state index contributed by atoms with van der Waals surface area (Å²) in [6, 6.07) is 14.3. The van der Waals surface area contributed by atoms with Crippen LogP contribution in [0.4, 0.5) is 11.4 Å². The predicted molar refractivity (Wildman–Crippen MR) is 89.7 cm³/mol. The third-order valence-electron chi connectivity index (χ3n) is 3.75. The molecule has 1 aliphatic rings. The first-order chi connectivity index (χ1) is 11.1. The molecule has 2 aromatic carbocycles. The number of nitriles is 1. The minimum atomic E-state index is -0.497. The Kier molecular flexibility index (Phi) is 3.65. The number of nitro groups is 1. The van der Waals surface area contributed by atoms with Gasteiger partial charge in [0.2, 0.25) is 0 Å². The summed E-state index contributed by atoms with van der Waals surface area (Å²) in [6.45, 7) is 0. The molecule has 1 heterocycles. The lowest BCUT2D eigenvalue weighted by Gasteiger charge is -2.23. The van der Waals surface area contributed by atoms with Crippen molar-refractivity contribution in [2.24, 2.45) is 0 Å². The minimum Gasteiger partial charge on any atom is -0.351 e. The highest BCUT2D eigenvalue weighted by molar-refractivity contribution is 5.95. The molecule has 0 fully saturated rings. The molecule has 5 nitrogen and oxygen atoms in total. The van der Waals surface area contributed by atoms with E-state index in [1.807, 2.05) is 60.6 Å². The van der Waals surface area contributed by atoms with E-state index in [-0.39, 0.29) is 11.3 Å². The molecule has 0 N–H and O–H groups in total. The maximum Gasteiger partial charge on any atom is 0.270 e.